The lowest BCUT2D eigenvalue weighted by atomic mass is 9.66. The molecule has 1 spiro atoms. The summed E-state index contributed by atoms with van der Waals surface area (Å²) in [6.07, 6.45) is 0.988. The quantitative estimate of drug-likeness (QED) is 0.372. The van der Waals surface area contributed by atoms with Gasteiger partial charge in [0.15, 0.2) is 0 Å². The first-order valence-electron chi connectivity index (χ1n) is 14.9. The Morgan fingerprint density at radius 1 is 1.02 bits per heavy atom. The zero-order chi connectivity index (χ0) is 30.2. The summed E-state index contributed by atoms with van der Waals surface area (Å²) in [7, 11) is 0. The fraction of sp³-hybridized carbons (Fsp3) is 0.531. The van der Waals surface area contributed by atoms with Crippen LogP contribution in [0.25, 0.3) is 0 Å². The van der Waals surface area contributed by atoms with E-state index in [1.165, 1.54) is 4.90 Å². The Bertz CT molecular complexity index is 1310. The lowest BCUT2D eigenvalue weighted by Crippen LogP contribution is -2.55. The van der Waals surface area contributed by atoms with Gasteiger partial charge in [-0.05, 0) is 96.0 Å². The molecule has 0 saturated carbocycles. The second kappa shape index (κ2) is 11.6. The third kappa shape index (κ3) is 4.90. The predicted octanol–water partition coefficient (Wildman–Crippen LogP) is 3.65. The number of benzene rings is 2. The first-order chi connectivity index (χ1) is 20.1. The first kappa shape index (κ1) is 29.8. The van der Waals surface area contributed by atoms with Crippen molar-refractivity contribution in [2.75, 3.05) is 41.8 Å². The molecule has 0 aliphatic carbocycles. The maximum absolute atomic E-state index is 14.1. The molecule has 3 heterocycles. The summed E-state index contributed by atoms with van der Waals surface area (Å²) in [4.78, 5) is 45.6. The van der Waals surface area contributed by atoms with Crippen molar-refractivity contribution in [1.29, 1.82) is 0 Å². The zero-order valence-corrected chi connectivity index (χ0v) is 25.1. The number of nitrogens with zero attached hydrogens (tertiary/aromatic N) is 2. The third-order valence-electron chi connectivity index (χ3n) is 9.18. The van der Waals surface area contributed by atoms with Gasteiger partial charge in [-0.1, -0.05) is 0 Å². The highest BCUT2D eigenvalue weighted by Gasteiger charge is 2.78. The molecule has 2 aromatic rings. The van der Waals surface area contributed by atoms with Crippen LogP contribution in [0, 0.1) is 11.8 Å². The van der Waals surface area contributed by atoms with Gasteiger partial charge in [0.05, 0.1) is 36.7 Å². The molecule has 3 aliphatic heterocycles. The number of carbonyl (C=O) groups excluding carboxylic acids is 3. The molecule has 3 saturated heterocycles. The molecular weight excluding hydrogens is 536 g/mol. The van der Waals surface area contributed by atoms with Crippen LogP contribution in [0.3, 0.4) is 0 Å². The third-order valence-corrected chi connectivity index (χ3v) is 9.18. The number of likely N-dealkylation sites (tertiary alicyclic amines) is 1. The van der Waals surface area contributed by atoms with Gasteiger partial charge in [-0.2, -0.15) is 0 Å². The minimum atomic E-state index is -1.18. The van der Waals surface area contributed by atoms with E-state index in [1.807, 2.05) is 38.1 Å². The van der Waals surface area contributed by atoms with E-state index < -0.39 is 41.0 Å². The van der Waals surface area contributed by atoms with Gasteiger partial charge in [0.2, 0.25) is 17.7 Å². The van der Waals surface area contributed by atoms with E-state index in [0.29, 0.717) is 36.6 Å². The van der Waals surface area contributed by atoms with Crippen LogP contribution >= 0.6 is 0 Å². The fourth-order valence-electron chi connectivity index (χ4n) is 7.20. The molecule has 10 nitrogen and oxygen atoms in total. The number of hydrogen-bond donors (Lipinski definition) is 3. The van der Waals surface area contributed by atoms with E-state index in [9.17, 15) is 19.5 Å². The van der Waals surface area contributed by atoms with Crippen LogP contribution < -0.4 is 20.3 Å². The van der Waals surface area contributed by atoms with Crippen LogP contribution in [0.2, 0.25) is 0 Å². The number of anilines is 3. The van der Waals surface area contributed by atoms with Gasteiger partial charge in [0, 0.05) is 30.2 Å². The molecule has 3 aliphatic rings. The summed E-state index contributed by atoms with van der Waals surface area (Å²) in [5, 5.41) is 16.0. The second-order valence-corrected chi connectivity index (χ2v) is 11.7. The first-order valence-corrected chi connectivity index (χ1v) is 14.9. The largest absolute Gasteiger partial charge is 0.494 e. The maximum Gasteiger partial charge on any atom is 0.250 e. The molecule has 0 radical (unpaired) electrons. The summed E-state index contributed by atoms with van der Waals surface area (Å²) >= 11 is 0. The molecule has 5 rings (SSSR count). The Kier molecular flexibility index (Phi) is 8.22. The van der Waals surface area contributed by atoms with Gasteiger partial charge in [0.25, 0.3) is 0 Å². The lowest BCUT2D eigenvalue weighted by molar-refractivity contribution is -0.146. The van der Waals surface area contributed by atoms with E-state index in [1.54, 1.807) is 31.2 Å². The van der Waals surface area contributed by atoms with Crippen molar-refractivity contribution in [3.05, 3.63) is 48.5 Å². The van der Waals surface area contributed by atoms with Crippen molar-refractivity contribution in [1.82, 2.24) is 4.90 Å². The number of aliphatic hydroxyl groups excluding tert-OH is 1. The van der Waals surface area contributed by atoms with Crippen LogP contribution in [0.5, 0.6) is 5.75 Å². The zero-order valence-electron chi connectivity index (χ0n) is 25.1. The molecule has 2 bridgehead atoms. The average molecular weight is 579 g/mol. The Morgan fingerprint density at radius 2 is 1.62 bits per heavy atom. The van der Waals surface area contributed by atoms with Crippen molar-refractivity contribution >= 4 is 34.8 Å². The Morgan fingerprint density at radius 3 is 2.19 bits per heavy atom. The van der Waals surface area contributed by atoms with Gasteiger partial charge in [-0.15, -0.1) is 0 Å². The standard InChI is InChI=1S/C32H42N4O6/c1-6-35(7-2)23-13-9-21(10-14-23)34-29(39)27-32-18-17-31(5,42-32)25(26(32)30(40)36(27)20(4)19-37)28(38)33-22-11-15-24(16-12-22)41-8-3/h9-16,20,25-27,37H,6-8,17-19H2,1-5H3,(H,33,38)(H,34,39)/t20-,25+,26+,27?,31-,32?/m1/s1. The number of nitrogens with one attached hydrogen (secondary N) is 2. The molecule has 42 heavy (non-hydrogen) atoms. The van der Waals surface area contributed by atoms with Crippen LogP contribution in [0.15, 0.2) is 48.5 Å². The highest BCUT2D eigenvalue weighted by molar-refractivity contribution is 6.05. The minimum absolute atomic E-state index is 0.322. The number of ether oxygens (including phenoxy) is 2. The summed E-state index contributed by atoms with van der Waals surface area (Å²) < 4.78 is 12.1. The smallest absolute Gasteiger partial charge is 0.250 e. The molecule has 10 heteroatoms. The number of aliphatic hydroxyl groups is 1. The molecule has 3 N–H and O–H groups in total. The molecule has 2 unspecified atom stereocenters. The van der Waals surface area contributed by atoms with E-state index >= 15 is 0 Å². The fourth-order valence-corrected chi connectivity index (χ4v) is 7.20. The molecular formula is C32H42N4O6. The summed E-state index contributed by atoms with van der Waals surface area (Å²) in [5.41, 5.74) is 0.145. The van der Waals surface area contributed by atoms with Crippen molar-refractivity contribution in [3.63, 3.8) is 0 Å². The lowest BCUT2D eigenvalue weighted by Gasteiger charge is -2.35. The molecule has 3 fully saturated rings. The SMILES string of the molecule is CCOc1ccc(NC(=O)[C@@H]2[C@H]3C(=O)N([C@H](C)CO)C(C(=O)Nc4ccc(N(CC)CC)cc4)C34CC[C@@]2(C)O4)cc1. The van der Waals surface area contributed by atoms with Crippen molar-refractivity contribution in [3.8, 4) is 5.75 Å². The molecule has 2 aromatic carbocycles. The van der Waals surface area contributed by atoms with Crippen molar-refractivity contribution in [2.24, 2.45) is 11.8 Å². The highest BCUT2D eigenvalue weighted by Crippen LogP contribution is 2.63. The second-order valence-electron chi connectivity index (χ2n) is 11.7. The van der Waals surface area contributed by atoms with Crippen LogP contribution in [0.1, 0.15) is 47.5 Å². The van der Waals surface area contributed by atoms with Gasteiger partial charge < -0.3 is 35.0 Å². The van der Waals surface area contributed by atoms with Crippen molar-refractivity contribution < 1.29 is 29.0 Å². The Labute approximate surface area is 247 Å². The topological polar surface area (TPSA) is 120 Å². The molecule has 0 aromatic heterocycles. The normalized spacial score (nSPS) is 28.4. The summed E-state index contributed by atoms with van der Waals surface area (Å²) in [6, 6.07) is 13.0. The van der Waals surface area contributed by atoms with Gasteiger partial charge in [-0.25, -0.2) is 0 Å². The summed E-state index contributed by atoms with van der Waals surface area (Å²) in [5.74, 6) is -2.02. The number of carbonyl (C=O) groups is 3. The van der Waals surface area contributed by atoms with Crippen LogP contribution in [-0.4, -0.2) is 77.3 Å². The molecule has 226 valence electrons. The van der Waals surface area contributed by atoms with E-state index in [2.05, 4.69) is 29.4 Å². The Balaban J connectivity index is 1.43. The summed E-state index contributed by atoms with van der Waals surface area (Å²) in [6.45, 7) is 11.6. The number of amides is 3. The van der Waals surface area contributed by atoms with Crippen LogP contribution in [-0.2, 0) is 19.1 Å². The van der Waals surface area contributed by atoms with Gasteiger partial charge in [-0.3, -0.25) is 14.4 Å². The van der Waals surface area contributed by atoms with E-state index in [4.69, 9.17) is 9.47 Å². The molecule has 6 atom stereocenters. The average Bonchev–Trinajstić information content (AvgIpc) is 3.56. The minimum Gasteiger partial charge on any atom is -0.494 e. The van der Waals surface area contributed by atoms with Crippen LogP contribution in [0.4, 0.5) is 17.1 Å². The van der Waals surface area contributed by atoms with E-state index in [0.717, 1.165) is 18.8 Å². The number of rotatable bonds is 11. The number of fused-ring (bicyclic) bond motifs is 1. The van der Waals surface area contributed by atoms with Crippen molar-refractivity contribution in [2.45, 2.75) is 70.7 Å². The Hall–Kier alpha value is -3.63. The predicted molar refractivity (Wildman–Crippen MR) is 160 cm³/mol. The van der Waals surface area contributed by atoms with Gasteiger partial charge >= 0.3 is 0 Å². The highest BCUT2D eigenvalue weighted by atomic mass is 16.5. The maximum atomic E-state index is 14.1. The van der Waals surface area contributed by atoms with E-state index in [-0.39, 0.29) is 18.4 Å². The monoisotopic (exact) mass is 578 g/mol. The molecule has 3 amide bonds. The number of hydrogen-bond acceptors (Lipinski definition) is 7. The van der Waals surface area contributed by atoms with Gasteiger partial charge in [0.1, 0.15) is 17.4 Å².